The first-order valence-electron chi connectivity index (χ1n) is 6.63. The SMILES string of the molecule is NC(c1cc2cc(Cl)ccc2o1)c1coc2ccccc12. The van der Waals surface area contributed by atoms with Crippen LogP contribution >= 0.6 is 11.6 Å². The first kappa shape index (κ1) is 12.5. The summed E-state index contributed by atoms with van der Waals surface area (Å²) < 4.78 is 11.4. The Bertz CT molecular complexity index is 938. The zero-order valence-electron chi connectivity index (χ0n) is 11.0. The standard InChI is InChI=1S/C17H12ClNO2/c18-11-5-6-14-10(7-11)8-16(21-14)17(19)13-9-20-15-4-2-1-3-12(13)15/h1-9,17H,19H2. The van der Waals surface area contributed by atoms with Crippen molar-refractivity contribution in [3.05, 3.63) is 71.1 Å². The summed E-state index contributed by atoms with van der Waals surface area (Å²) in [5, 5.41) is 2.63. The number of furan rings is 2. The Balaban J connectivity index is 1.83. The summed E-state index contributed by atoms with van der Waals surface area (Å²) in [7, 11) is 0. The molecule has 0 saturated carbocycles. The van der Waals surface area contributed by atoms with Gasteiger partial charge in [0, 0.05) is 21.4 Å². The Kier molecular flexibility index (Phi) is 2.77. The zero-order chi connectivity index (χ0) is 14.4. The predicted octanol–water partition coefficient (Wildman–Crippen LogP) is 4.88. The number of nitrogens with two attached hydrogens (primary N) is 1. The molecule has 2 aromatic heterocycles. The van der Waals surface area contributed by atoms with Gasteiger partial charge in [0.05, 0.1) is 12.3 Å². The van der Waals surface area contributed by atoms with Crippen molar-refractivity contribution >= 4 is 33.5 Å². The predicted molar refractivity (Wildman–Crippen MR) is 83.5 cm³/mol. The van der Waals surface area contributed by atoms with Gasteiger partial charge in [0.2, 0.25) is 0 Å². The fraction of sp³-hybridized carbons (Fsp3) is 0.0588. The third kappa shape index (κ3) is 2.02. The van der Waals surface area contributed by atoms with Crippen molar-refractivity contribution in [2.45, 2.75) is 6.04 Å². The third-order valence-electron chi connectivity index (χ3n) is 3.65. The van der Waals surface area contributed by atoms with Crippen LogP contribution in [-0.2, 0) is 0 Å². The first-order chi connectivity index (χ1) is 10.2. The maximum Gasteiger partial charge on any atom is 0.134 e. The van der Waals surface area contributed by atoms with E-state index in [4.69, 9.17) is 26.2 Å². The van der Waals surface area contributed by atoms with E-state index in [0.717, 1.165) is 27.5 Å². The van der Waals surface area contributed by atoms with Crippen LogP contribution in [0.1, 0.15) is 17.4 Å². The topological polar surface area (TPSA) is 52.3 Å². The summed E-state index contributed by atoms with van der Waals surface area (Å²) in [6.45, 7) is 0. The summed E-state index contributed by atoms with van der Waals surface area (Å²) >= 11 is 6.00. The smallest absolute Gasteiger partial charge is 0.134 e. The highest BCUT2D eigenvalue weighted by Crippen LogP contribution is 2.32. The molecule has 2 N–H and O–H groups in total. The molecule has 0 bridgehead atoms. The van der Waals surface area contributed by atoms with E-state index in [2.05, 4.69) is 0 Å². The van der Waals surface area contributed by atoms with Gasteiger partial charge in [0.15, 0.2) is 0 Å². The van der Waals surface area contributed by atoms with Gasteiger partial charge in [-0.05, 0) is 30.3 Å². The molecule has 3 nitrogen and oxygen atoms in total. The minimum absolute atomic E-state index is 0.375. The molecular formula is C17H12ClNO2. The number of rotatable bonds is 2. The van der Waals surface area contributed by atoms with Gasteiger partial charge in [-0.2, -0.15) is 0 Å². The van der Waals surface area contributed by atoms with Gasteiger partial charge in [-0.25, -0.2) is 0 Å². The van der Waals surface area contributed by atoms with Crippen molar-refractivity contribution in [2.24, 2.45) is 5.73 Å². The molecule has 0 aliphatic carbocycles. The maximum atomic E-state index is 6.34. The summed E-state index contributed by atoms with van der Waals surface area (Å²) in [5.41, 5.74) is 8.85. The van der Waals surface area contributed by atoms with Crippen molar-refractivity contribution in [2.75, 3.05) is 0 Å². The third-order valence-corrected chi connectivity index (χ3v) is 3.89. The number of halogens is 1. The van der Waals surface area contributed by atoms with Crippen LogP contribution in [0.25, 0.3) is 21.9 Å². The highest BCUT2D eigenvalue weighted by Gasteiger charge is 2.18. The molecule has 4 aromatic rings. The molecule has 0 radical (unpaired) electrons. The molecule has 0 aliphatic heterocycles. The summed E-state index contributed by atoms with van der Waals surface area (Å²) in [6.07, 6.45) is 1.69. The molecule has 2 aromatic carbocycles. The molecule has 4 heteroatoms. The van der Waals surface area contributed by atoms with Gasteiger partial charge in [0.1, 0.15) is 16.9 Å². The van der Waals surface area contributed by atoms with E-state index < -0.39 is 0 Å². The molecule has 1 atom stereocenters. The van der Waals surface area contributed by atoms with Crippen LogP contribution in [0, 0.1) is 0 Å². The summed E-state index contributed by atoms with van der Waals surface area (Å²) in [5.74, 6) is 0.693. The highest BCUT2D eigenvalue weighted by molar-refractivity contribution is 6.31. The number of benzene rings is 2. The van der Waals surface area contributed by atoms with Crippen molar-refractivity contribution < 1.29 is 8.83 Å². The largest absolute Gasteiger partial charge is 0.464 e. The second-order valence-electron chi connectivity index (χ2n) is 5.00. The van der Waals surface area contributed by atoms with Crippen LogP contribution in [-0.4, -0.2) is 0 Å². The molecule has 0 saturated heterocycles. The Morgan fingerprint density at radius 2 is 1.86 bits per heavy atom. The van der Waals surface area contributed by atoms with Gasteiger partial charge < -0.3 is 14.6 Å². The number of para-hydroxylation sites is 1. The minimum atomic E-state index is -0.375. The average Bonchev–Trinajstić information content (AvgIpc) is 3.09. The van der Waals surface area contributed by atoms with E-state index >= 15 is 0 Å². The zero-order valence-corrected chi connectivity index (χ0v) is 11.8. The molecule has 0 fully saturated rings. The number of hydrogen-bond acceptors (Lipinski definition) is 3. The second kappa shape index (κ2) is 4.65. The monoisotopic (exact) mass is 297 g/mol. The van der Waals surface area contributed by atoms with Gasteiger partial charge >= 0.3 is 0 Å². The van der Waals surface area contributed by atoms with Crippen LogP contribution in [0.4, 0.5) is 0 Å². The van der Waals surface area contributed by atoms with E-state index in [-0.39, 0.29) is 6.04 Å². The van der Waals surface area contributed by atoms with E-state index in [9.17, 15) is 0 Å². The minimum Gasteiger partial charge on any atom is -0.464 e. The number of fused-ring (bicyclic) bond motifs is 2. The van der Waals surface area contributed by atoms with Gasteiger partial charge in [0.25, 0.3) is 0 Å². The van der Waals surface area contributed by atoms with Crippen molar-refractivity contribution in [3.8, 4) is 0 Å². The summed E-state index contributed by atoms with van der Waals surface area (Å²) in [6, 6.07) is 14.9. The fourth-order valence-corrected chi connectivity index (χ4v) is 2.76. The Labute approximate surface area is 125 Å². The fourth-order valence-electron chi connectivity index (χ4n) is 2.58. The van der Waals surface area contributed by atoms with E-state index in [1.807, 2.05) is 42.5 Å². The van der Waals surface area contributed by atoms with Crippen LogP contribution in [0.5, 0.6) is 0 Å². The van der Waals surface area contributed by atoms with Crippen molar-refractivity contribution in [3.63, 3.8) is 0 Å². The van der Waals surface area contributed by atoms with E-state index in [1.165, 1.54) is 0 Å². The van der Waals surface area contributed by atoms with Gasteiger partial charge in [-0.15, -0.1) is 0 Å². The lowest BCUT2D eigenvalue weighted by atomic mass is 10.0. The van der Waals surface area contributed by atoms with E-state index in [1.54, 1.807) is 12.3 Å². The number of hydrogen-bond donors (Lipinski definition) is 1. The highest BCUT2D eigenvalue weighted by atomic mass is 35.5. The van der Waals surface area contributed by atoms with Gasteiger partial charge in [-0.1, -0.05) is 29.8 Å². The van der Waals surface area contributed by atoms with Crippen LogP contribution in [0.15, 0.2) is 63.6 Å². The molecule has 0 aliphatic rings. The summed E-state index contributed by atoms with van der Waals surface area (Å²) in [4.78, 5) is 0. The molecule has 104 valence electrons. The second-order valence-corrected chi connectivity index (χ2v) is 5.43. The quantitative estimate of drug-likeness (QED) is 0.573. The first-order valence-corrected chi connectivity index (χ1v) is 7.01. The van der Waals surface area contributed by atoms with Gasteiger partial charge in [-0.3, -0.25) is 0 Å². The maximum absolute atomic E-state index is 6.34. The van der Waals surface area contributed by atoms with Crippen LogP contribution < -0.4 is 5.73 Å². The molecule has 4 rings (SSSR count). The molecule has 1 unspecified atom stereocenters. The molecule has 0 amide bonds. The molecular weight excluding hydrogens is 286 g/mol. The Hall–Kier alpha value is -2.23. The Morgan fingerprint density at radius 3 is 2.76 bits per heavy atom. The van der Waals surface area contributed by atoms with E-state index in [0.29, 0.717) is 10.8 Å². The lowest BCUT2D eigenvalue weighted by molar-refractivity contribution is 0.521. The van der Waals surface area contributed by atoms with Crippen LogP contribution in [0.3, 0.4) is 0 Å². The van der Waals surface area contributed by atoms with Crippen molar-refractivity contribution in [1.29, 1.82) is 0 Å². The Morgan fingerprint density at radius 1 is 1.00 bits per heavy atom. The lowest BCUT2D eigenvalue weighted by Crippen LogP contribution is -2.10. The van der Waals surface area contributed by atoms with Crippen molar-refractivity contribution in [1.82, 2.24) is 0 Å². The molecule has 21 heavy (non-hydrogen) atoms. The molecule has 2 heterocycles. The lowest BCUT2D eigenvalue weighted by Gasteiger charge is -2.06. The van der Waals surface area contributed by atoms with Crippen LogP contribution in [0.2, 0.25) is 5.02 Å². The normalized spacial score (nSPS) is 13.0. The average molecular weight is 298 g/mol. The molecule has 0 spiro atoms.